The molecule has 3 rings (SSSR count). The second-order valence-electron chi connectivity index (χ2n) is 5.91. The zero-order chi connectivity index (χ0) is 20.6. The highest BCUT2D eigenvalue weighted by Crippen LogP contribution is 2.29. The van der Waals surface area contributed by atoms with Gasteiger partial charge in [0.15, 0.2) is 0 Å². The summed E-state index contributed by atoms with van der Waals surface area (Å²) in [5, 5.41) is 20.2. The smallest absolute Gasteiger partial charge is 0.339 e. The quantitative estimate of drug-likeness (QED) is 0.271. The van der Waals surface area contributed by atoms with Crippen LogP contribution < -0.4 is 4.74 Å². The van der Waals surface area contributed by atoms with Crippen molar-refractivity contribution >= 4 is 29.4 Å². The molecule has 1 aliphatic rings. The molecule has 28 heavy (non-hydrogen) atoms. The molecule has 142 valence electrons. The van der Waals surface area contributed by atoms with Gasteiger partial charge in [-0.05, 0) is 23.8 Å². The number of benzene rings is 2. The van der Waals surface area contributed by atoms with E-state index in [0.29, 0.717) is 5.56 Å². The maximum Gasteiger partial charge on any atom is 0.339 e. The van der Waals surface area contributed by atoms with Gasteiger partial charge in [0.25, 0.3) is 17.5 Å². The van der Waals surface area contributed by atoms with Gasteiger partial charge in [-0.3, -0.25) is 29.4 Å². The normalized spacial score (nSPS) is 12.7. The van der Waals surface area contributed by atoms with Gasteiger partial charge in [-0.25, -0.2) is 4.79 Å². The van der Waals surface area contributed by atoms with Crippen molar-refractivity contribution in [1.29, 1.82) is 0 Å². The first-order valence-corrected chi connectivity index (χ1v) is 7.88. The summed E-state index contributed by atoms with van der Waals surface area (Å²) >= 11 is 0. The van der Waals surface area contributed by atoms with Gasteiger partial charge in [-0.1, -0.05) is 6.07 Å². The van der Waals surface area contributed by atoms with Crippen molar-refractivity contribution in [3.8, 4) is 5.75 Å². The molecule has 0 aromatic heterocycles. The van der Waals surface area contributed by atoms with Crippen LogP contribution in [0.2, 0.25) is 0 Å². The van der Waals surface area contributed by atoms with Gasteiger partial charge in [-0.15, -0.1) is 0 Å². The van der Waals surface area contributed by atoms with Crippen LogP contribution in [0.25, 0.3) is 0 Å². The second kappa shape index (κ2) is 6.91. The summed E-state index contributed by atoms with van der Waals surface area (Å²) in [5.74, 6) is -3.57. The minimum Gasteiger partial charge on any atom is -0.478 e. The Morgan fingerprint density at radius 1 is 1.11 bits per heavy atom. The van der Waals surface area contributed by atoms with Gasteiger partial charge < -0.3 is 9.84 Å². The van der Waals surface area contributed by atoms with Crippen molar-refractivity contribution in [2.24, 2.45) is 0 Å². The maximum atomic E-state index is 12.5. The Balaban J connectivity index is 1.92. The molecule has 1 aliphatic heterocycles. The zero-order valence-electron chi connectivity index (χ0n) is 14.4. The Hall–Kier alpha value is -4.08. The van der Waals surface area contributed by atoms with Crippen molar-refractivity contribution in [2.45, 2.75) is 13.5 Å². The topological polar surface area (TPSA) is 144 Å². The van der Waals surface area contributed by atoms with Gasteiger partial charge >= 0.3 is 11.9 Å². The summed E-state index contributed by atoms with van der Waals surface area (Å²) in [6.45, 7) is 0.873. The van der Waals surface area contributed by atoms with Crippen LogP contribution in [-0.2, 0) is 11.3 Å². The summed E-state index contributed by atoms with van der Waals surface area (Å²) in [4.78, 5) is 58.5. The lowest BCUT2D eigenvalue weighted by Gasteiger charge is -2.15. The molecular weight excluding hydrogens is 372 g/mol. The Labute approximate surface area is 157 Å². The lowest BCUT2D eigenvalue weighted by atomic mass is 10.1. The number of ether oxygens (including phenoxy) is 1. The molecular formula is C18H12N2O8. The Morgan fingerprint density at radius 2 is 1.79 bits per heavy atom. The fourth-order valence-corrected chi connectivity index (χ4v) is 2.80. The number of nitro benzene ring substituents is 1. The van der Waals surface area contributed by atoms with Crippen molar-refractivity contribution in [3.05, 3.63) is 68.8 Å². The summed E-state index contributed by atoms with van der Waals surface area (Å²) in [6.07, 6.45) is 0. The number of rotatable bonds is 5. The van der Waals surface area contributed by atoms with Crippen molar-refractivity contribution in [1.82, 2.24) is 4.90 Å². The van der Waals surface area contributed by atoms with E-state index in [1.807, 2.05) is 0 Å². The number of hydrogen-bond donors (Lipinski definition) is 1. The number of amides is 2. The number of hydrogen-bond acceptors (Lipinski definition) is 7. The average Bonchev–Trinajstić information content (AvgIpc) is 2.86. The highest BCUT2D eigenvalue weighted by atomic mass is 16.6. The summed E-state index contributed by atoms with van der Waals surface area (Å²) < 4.78 is 4.83. The van der Waals surface area contributed by atoms with Crippen molar-refractivity contribution < 1.29 is 33.9 Å². The molecule has 10 heteroatoms. The van der Waals surface area contributed by atoms with Crippen LogP contribution in [0.1, 0.15) is 43.6 Å². The largest absolute Gasteiger partial charge is 0.478 e. The Morgan fingerprint density at radius 3 is 2.39 bits per heavy atom. The number of nitro groups is 1. The molecule has 0 saturated carbocycles. The van der Waals surface area contributed by atoms with E-state index in [1.165, 1.54) is 24.3 Å². The van der Waals surface area contributed by atoms with E-state index in [2.05, 4.69) is 0 Å². The molecule has 10 nitrogen and oxygen atoms in total. The molecule has 0 aliphatic carbocycles. The molecule has 1 N–H and O–H groups in total. The van der Waals surface area contributed by atoms with E-state index >= 15 is 0 Å². The summed E-state index contributed by atoms with van der Waals surface area (Å²) in [7, 11) is 0. The predicted molar refractivity (Wildman–Crippen MR) is 92.0 cm³/mol. The molecule has 0 unspecified atom stereocenters. The number of carboxylic acids is 1. The average molecular weight is 384 g/mol. The molecule has 1 heterocycles. The molecule has 0 saturated heterocycles. The highest BCUT2D eigenvalue weighted by Gasteiger charge is 2.36. The first-order chi connectivity index (χ1) is 13.2. The number of aromatic carboxylic acids is 1. The van der Waals surface area contributed by atoms with E-state index in [4.69, 9.17) is 4.74 Å². The summed E-state index contributed by atoms with van der Waals surface area (Å²) in [6, 6.07) is 7.22. The van der Waals surface area contributed by atoms with Crippen LogP contribution in [0.4, 0.5) is 5.69 Å². The first-order valence-electron chi connectivity index (χ1n) is 7.88. The van der Waals surface area contributed by atoms with Crippen molar-refractivity contribution in [3.63, 3.8) is 0 Å². The number of non-ortho nitro benzene ring substituents is 1. The zero-order valence-corrected chi connectivity index (χ0v) is 14.4. The highest BCUT2D eigenvalue weighted by molar-refractivity contribution is 6.21. The van der Waals surface area contributed by atoms with Crippen LogP contribution in [0.3, 0.4) is 0 Å². The van der Waals surface area contributed by atoms with Crippen LogP contribution in [0, 0.1) is 10.1 Å². The number of fused-ring (bicyclic) bond motifs is 1. The van der Waals surface area contributed by atoms with E-state index in [9.17, 15) is 34.4 Å². The number of nitrogens with zero attached hydrogens (tertiary/aromatic N) is 2. The third-order valence-electron chi connectivity index (χ3n) is 4.03. The van der Waals surface area contributed by atoms with E-state index in [1.54, 1.807) is 0 Å². The molecule has 2 aromatic carbocycles. The van der Waals surface area contributed by atoms with Gasteiger partial charge in [-0.2, -0.15) is 0 Å². The van der Waals surface area contributed by atoms with E-state index < -0.39 is 28.7 Å². The number of esters is 1. The first kappa shape index (κ1) is 18.7. The van der Waals surface area contributed by atoms with Gasteiger partial charge in [0, 0.05) is 19.1 Å². The Kier molecular flexibility index (Phi) is 4.62. The number of carbonyl (C=O) groups is 4. The molecule has 2 amide bonds. The third kappa shape index (κ3) is 3.30. The van der Waals surface area contributed by atoms with Gasteiger partial charge in [0.05, 0.1) is 22.6 Å². The number of carboxylic acid groups (broad SMARTS) is 1. The SMILES string of the molecule is CC(=O)Oc1ccc(CN2C(=O)c3ccc([N+](=O)[O-])cc3C2=O)cc1C(=O)O. The number of imide groups is 1. The fourth-order valence-electron chi connectivity index (χ4n) is 2.80. The third-order valence-corrected chi connectivity index (χ3v) is 4.03. The molecule has 0 radical (unpaired) electrons. The maximum absolute atomic E-state index is 12.5. The van der Waals surface area contributed by atoms with Gasteiger partial charge in [0.2, 0.25) is 0 Å². The molecule has 0 bridgehead atoms. The van der Waals surface area contributed by atoms with E-state index in [-0.39, 0.29) is 34.7 Å². The lowest BCUT2D eigenvalue weighted by molar-refractivity contribution is -0.384. The second-order valence-corrected chi connectivity index (χ2v) is 5.91. The predicted octanol–water partition coefficient (Wildman–Crippen LogP) is 2.01. The van der Waals surface area contributed by atoms with Crippen LogP contribution in [-0.4, -0.2) is 38.7 Å². The number of carbonyl (C=O) groups excluding carboxylic acids is 3. The van der Waals surface area contributed by atoms with Crippen molar-refractivity contribution in [2.75, 3.05) is 0 Å². The van der Waals surface area contributed by atoms with E-state index in [0.717, 1.165) is 24.0 Å². The van der Waals surface area contributed by atoms with Gasteiger partial charge in [0.1, 0.15) is 11.3 Å². The standard InChI is InChI=1S/C18H12N2O8/c1-9(21)28-15-5-2-10(6-14(15)18(24)25)8-19-16(22)12-4-3-11(20(26)27)7-13(12)17(19)23/h2-7H,8H2,1H3,(H,24,25). The lowest BCUT2D eigenvalue weighted by Crippen LogP contribution is -2.29. The van der Waals surface area contributed by atoms with Crippen LogP contribution in [0.5, 0.6) is 5.75 Å². The Bertz CT molecular complexity index is 1060. The molecule has 0 atom stereocenters. The van der Waals surface area contributed by atoms with Crippen LogP contribution in [0.15, 0.2) is 36.4 Å². The molecule has 2 aromatic rings. The minimum atomic E-state index is -1.35. The minimum absolute atomic E-state index is 0.0330. The summed E-state index contributed by atoms with van der Waals surface area (Å²) in [5.41, 5.74) is -0.377. The van der Waals surface area contributed by atoms with Crippen LogP contribution >= 0.6 is 0 Å². The molecule has 0 fully saturated rings. The monoisotopic (exact) mass is 384 g/mol. The fraction of sp³-hybridized carbons (Fsp3) is 0.111. The molecule has 0 spiro atoms.